The molecule has 0 unspecified atom stereocenters. The normalized spacial score (nSPS) is 10.7. The van der Waals surface area contributed by atoms with Crippen LogP contribution in [0.2, 0.25) is 0 Å². The average Bonchev–Trinajstić information content (AvgIpc) is 2.78. The van der Waals surface area contributed by atoms with Crippen LogP contribution in [0.1, 0.15) is 12.7 Å². The summed E-state index contributed by atoms with van der Waals surface area (Å²) in [6.45, 7) is 3.08. The summed E-state index contributed by atoms with van der Waals surface area (Å²) < 4.78 is 10.2. The van der Waals surface area contributed by atoms with Gasteiger partial charge in [0.25, 0.3) is 5.89 Å². The van der Waals surface area contributed by atoms with Gasteiger partial charge in [0.1, 0.15) is 11.5 Å². The molecule has 6 heteroatoms. The highest BCUT2D eigenvalue weighted by atomic mass is 16.5. The highest BCUT2D eigenvalue weighted by molar-refractivity contribution is 5.63. The van der Waals surface area contributed by atoms with Crippen LogP contribution in [0.5, 0.6) is 11.5 Å². The average molecular weight is 250 g/mol. The molecule has 0 aliphatic heterocycles. The molecule has 0 bridgehead atoms. The summed E-state index contributed by atoms with van der Waals surface area (Å²) in [6.07, 6.45) is 0.552. The molecule has 0 fully saturated rings. The first-order valence-corrected chi connectivity index (χ1v) is 5.63. The van der Waals surface area contributed by atoms with Crippen LogP contribution in [0, 0.1) is 0 Å². The smallest absolute Gasteiger partial charge is 0.261 e. The van der Waals surface area contributed by atoms with Crippen molar-refractivity contribution in [1.29, 1.82) is 0 Å². The minimum absolute atomic E-state index is 0.0210. The maximum absolute atomic E-state index is 9.66. The first-order chi connectivity index (χ1) is 8.70. The van der Waals surface area contributed by atoms with E-state index in [0.29, 0.717) is 31.0 Å². The zero-order chi connectivity index (χ0) is 13.0. The van der Waals surface area contributed by atoms with Crippen molar-refractivity contribution >= 4 is 0 Å². The minimum Gasteiger partial charge on any atom is -0.508 e. The molecule has 2 aromatic rings. The number of benzene rings is 1. The van der Waals surface area contributed by atoms with Crippen LogP contribution in [-0.2, 0) is 11.2 Å². The molecular formula is C12H14N2O4. The summed E-state index contributed by atoms with van der Waals surface area (Å²) in [6, 6.07) is 4.18. The van der Waals surface area contributed by atoms with E-state index in [9.17, 15) is 10.2 Å². The molecule has 6 nitrogen and oxygen atoms in total. The van der Waals surface area contributed by atoms with Crippen molar-refractivity contribution in [3.8, 4) is 23.0 Å². The van der Waals surface area contributed by atoms with Crippen molar-refractivity contribution in [3.05, 3.63) is 24.0 Å². The Kier molecular flexibility index (Phi) is 3.78. The summed E-state index contributed by atoms with van der Waals surface area (Å²) in [5, 5.41) is 22.6. The largest absolute Gasteiger partial charge is 0.508 e. The number of phenolic OH excluding ortho intramolecular Hbond substituents is 2. The Morgan fingerprint density at radius 2 is 2.17 bits per heavy atom. The van der Waals surface area contributed by atoms with Crippen molar-refractivity contribution in [2.24, 2.45) is 0 Å². The van der Waals surface area contributed by atoms with Crippen molar-refractivity contribution in [2.45, 2.75) is 13.3 Å². The summed E-state index contributed by atoms with van der Waals surface area (Å²) in [4.78, 5) is 4.14. The third kappa shape index (κ3) is 2.78. The van der Waals surface area contributed by atoms with E-state index in [2.05, 4.69) is 10.1 Å². The Morgan fingerprint density at radius 3 is 2.89 bits per heavy atom. The third-order valence-electron chi connectivity index (χ3n) is 2.35. The monoisotopic (exact) mass is 250 g/mol. The van der Waals surface area contributed by atoms with Gasteiger partial charge in [0.05, 0.1) is 12.2 Å². The fourth-order valence-electron chi connectivity index (χ4n) is 1.47. The number of ether oxygens (including phenoxy) is 1. The number of phenols is 2. The van der Waals surface area contributed by atoms with Crippen LogP contribution in [0.3, 0.4) is 0 Å². The second kappa shape index (κ2) is 5.50. The van der Waals surface area contributed by atoms with E-state index >= 15 is 0 Å². The van der Waals surface area contributed by atoms with Gasteiger partial charge in [0, 0.05) is 19.1 Å². The predicted octanol–water partition coefficient (Wildman–Crippen LogP) is 1.73. The molecule has 18 heavy (non-hydrogen) atoms. The van der Waals surface area contributed by atoms with Crippen LogP contribution in [0.15, 0.2) is 22.7 Å². The van der Waals surface area contributed by atoms with Gasteiger partial charge in [-0.25, -0.2) is 0 Å². The summed E-state index contributed by atoms with van der Waals surface area (Å²) in [5.41, 5.74) is 0.392. The summed E-state index contributed by atoms with van der Waals surface area (Å²) in [5.74, 6) is 0.618. The van der Waals surface area contributed by atoms with E-state index in [4.69, 9.17) is 9.26 Å². The van der Waals surface area contributed by atoms with Gasteiger partial charge < -0.3 is 19.5 Å². The minimum atomic E-state index is -0.102. The molecule has 0 atom stereocenters. The van der Waals surface area contributed by atoms with E-state index < -0.39 is 0 Å². The number of hydrogen-bond donors (Lipinski definition) is 2. The van der Waals surface area contributed by atoms with Crippen molar-refractivity contribution < 1.29 is 19.5 Å². The topological polar surface area (TPSA) is 88.6 Å². The van der Waals surface area contributed by atoms with Gasteiger partial charge in [-0.1, -0.05) is 5.16 Å². The molecule has 96 valence electrons. The Balaban J connectivity index is 2.13. The van der Waals surface area contributed by atoms with Gasteiger partial charge in [0.15, 0.2) is 5.82 Å². The van der Waals surface area contributed by atoms with Crippen LogP contribution in [0.4, 0.5) is 0 Å². The SMILES string of the molecule is CCOCCc1noc(-c2ccc(O)cc2O)n1. The molecule has 2 rings (SSSR count). The number of rotatable bonds is 5. The maximum atomic E-state index is 9.66. The van der Waals surface area contributed by atoms with E-state index in [0.717, 1.165) is 0 Å². The molecule has 0 amide bonds. The fourth-order valence-corrected chi connectivity index (χ4v) is 1.47. The quantitative estimate of drug-likeness (QED) is 0.785. The fraction of sp³-hybridized carbons (Fsp3) is 0.333. The molecule has 1 heterocycles. The first-order valence-electron chi connectivity index (χ1n) is 5.63. The van der Waals surface area contributed by atoms with E-state index in [1.165, 1.54) is 18.2 Å². The standard InChI is InChI=1S/C12H14N2O4/c1-2-17-6-5-11-13-12(18-14-11)9-4-3-8(15)7-10(9)16/h3-4,7,15-16H,2,5-6H2,1H3. The molecule has 0 saturated carbocycles. The Hall–Kier alpha value is -2.08. The maximum Gasteiger partial charge on any atom is 0.261 e. The highest BCUT2D eigenvalue weighted by Crippen LogP contribution is 2.30. The lowest BCUT2D eigenvalue weighted by Crippen LogP contribution is -1.99. The molecular weight excluding hydrogens is 236 g/mol. The van der Waals surface area contributed by atoms with Crippen LogP contribution in [0.25, 0.3) is 11.5 Å². The predicted molar refractivity (Wildman–Crippen MR) is 63.3 cm³/mol. The third-order valence-corrected chi connectivity index (χ3v) is 2.35. The van der Waals surface area contributed by atoms with Crippen LogP contribution < -0.4 is 0 Å². The molecule has 1 aromatic carbocycles. The number of nitrogens with zero attached hydrogens (tertiary/aromatic N) is 2. The zero-order valence-corrected chi connectivity index (χ0v) is 9.96. The van der Waals surface area contributed by atoms with Gasteiger partial charge in [-0.3, -0.25) is 0 Å². The van der Waals surface area contributed by atoms with Crippen LogP contribution >= 0.6 is 0 Å². The molecule has 0 spiro atoms. The highest BCUT2D eigenvalue weighted by Gasteiger charge is 2.13. The second-order valence-electron chi connectivity index (χ2n) is 3.66. The van der Waals surface area contributed by atoms with Gasteiger partial charge in [0.2, 0.25) is 0 Å². The van der Waals surface area contributed by atoms with Gasteiger partial charge in [-0.2, -0.15) is 4.98 Å². The molecule has 1 aromatic heterocycles. The van der Waals surface area contributed by atoms with Gasteiger partial charge in [-0.05, 0) is 19.1 Å². The lowest BCUT2D eigenvalue weighted by atomic mass is 10.2. The molecule has 0 saturated heterocycles. The summed E-state index contributed by atoms with van der Waals surface area (Å²) in [7, 11) is 0. The summed E-state index contributed by atoms with van der Waals surface area (Å²) >= 11 is 0. The van der Waals surface area contributed by atoms with Gasteiger partial charge in [-0.15, -0.1) is 0 Å². The van der Waals surface area contributed by atoms with Crippen LogP contribution in [-0.4, -0.2) is 33.6 Å². The van der Waals surface area contributed by atoms with Crippen molar-refractivity contribution in [2.75, 3.05) is 13.2 Å². The second-order valence-corrected chi connectivity index (χ2v) is 3.66. The van der Waals surface area contributed by atoms with Crippen molar-refractivity contribution in [3.63, 3.8) is 0 Å². The number of aromatic nitrogens is 2. The Labute approximate surface area is 104 Å². The van der Waals surface area contributed by atoms with Gasteiger partial charge >= 0.3 is 0 Å². The Morgan fingerprint density at radius 1 is 1.33 bits per heavy atom. The van der Waals surface area contributed by atoms with E-state index in [1.54, 1.807) is 0 Å². The zero-order valence-electron chi connectivity index (χ0n) is 9.96. The van der Waals surface area contributed by atoms with E-state index in [-0.39, 0.29) is 17.4 Å². The molecule has 0 radical (unpaired) electrons. The Bertz CT molecular complexity index is 525. The number of hydrogen-bond acceptors (Lipinski definition) is 6. The lowest BCUT2D eigenvalue weighted by molar-refractivity contribution is 0.149. The lowest BCUT2D eigenvalue weighted by Gasteiger charge is -1.99. The first kappa shape index (κ1) is 12.4. The molecule has 2 N–H and O–H groups in total. The number of aromatic hydroxyl groups is 2. The molecule has 0 aliphatic carbocycles. The van der Waals surface area contributed by atoms with Crippen molar-refractivity contribution in [1.82, 2.24) is 10.1 Å². The molecule has 0 aliphatic rings. The van der Waals surface area contributed by atoms with E-state index in [1.807, 2.05) is 6.92 Å².